The Kier molecular flexibility index (Phi) is 5.69. The number of hydrogen-bond acceptors (Lipinski definition) is 5. The van der Waals surface area contributed by atoms with Crippen LogP contribution in [0.5, 0.6) is 11.6 Å². The fourth-order valence-electron chi connectivity index (χ4n) is 3.21. The van der Waals surface area contributed by atoms with E-state index in [2.05, 4.69) is 44.0 Å². The van der Waals surface area contributed by atoms with Gasteiger partial charge in [-0.15, -0.1) is 0 Å². The molecule has 3 aromatic rings. The number of hydrogen-bond donors (Lipinski definition) is 0. The van der Waals surface area contributed by atoms with Crippen molar-refractivity contribution in [2.24, 2.45) is 0 Å². The Morgan fingerprint density at radius 3 is 2.50 bits per heavy atom. The van der Waals surface area contributed by atoms with Crippen LogP contribution < -0.4 is 9.64 Å². The normalized spacial score (nSPS) is 14.9. The van der Waals surface area contributed by atoms with Gasteiger partial charge < -0.3 is 9.64 Å². The summed E-state index contributed by atoms with van der Waals surface area (Å²) in [6.45, 7) is 4.62. The maximum Gasteiger partial charge on any atom is 0.224 e. The lowest BCUT2D eigenvalue weighted by atomic mass is 10.2. The Bertz CT molecular complexity index is 933. The highest BCUT2D eigenvalue weighted by molar-refractivity contribution is 6.32. The van der Waals surface area contributed by atoms with Gasteiger partial charge in [0.05, 0.1) is 5.02 Å². The molecule has 0 radical (unpaired) electrons. The van der Waals surface area contributed by atoms with Crippen LogP contribution >= 0.6 is 11.6 Å². The molecular formula is C21H20ClFN4O. The summed E-state index contributed by atoms with van der Waals surface area (Å²) in [5.74, 6) is 1.14. The maximum absolute atomic E-state index is 13.2. The van der Waals surface area contributed by atoms with Crippen LogP contribution in [0.3, 0.4) is 0 Å². The van der Waals surface area contributed by atoms with Crippen molar-refractivity contribution in [1.82, 2.24) is 14.9 Å². The van der Waals surface area contributed by atoms with Gasteiger partial charge >= 0.3 is 0 Å². The molecule has 2 heterocycles. The largest absolute Gasteiger partial charge is 0.437 e. The highest BCUT2D eigenvalue weighted by atomic mass is 35.5. The van der Waals surface area contributed by atoms with Crippen molar-refractivity contribution in [2.45, 2.75) is 6.54 Å². The van der Waals surface area contributed by atoms with Gasteiger partial charge in [-0.1, -0.05) is 41.9 Å². The molecule has 2 aromatic carbocycles. The molecule has 0 N–H and O–H groups in total. The molecule has 0 unspecified atom stereocenters. The van der Waals surface area contributed by atoms with E-state index in [0.717, 1.165) is 38.5 Å². The second-order valence-electron chi connectivity index (χ2n) is 6.64. The Labute approximate surface area is 168 Å². The highest BCUT2D eigenvalue weighted by Gasteiger charge is 2.19. The Morgan fingerprint density at radius 1 is 0.964 bits per heavy atom. The van der Waals surface area contributed by atoms with E-state index in [1.807, 2.05) is 6.07 Å². The molecule has 0 atom stereocenters. The molecule has 0 amide bonds. The van der Waals surface area contributed by atoms with Crippen LogP contribution in [0.1, 0.15) is 5.56 Å². The van der Waals surface area contributed by atoms with E-state index in [1.54, 1.807) is 6.07 Å². The molecule has 0 aliphatic carbocycles. The summed E-state index contributed by atoms with van der Waals surface area (Å²) in [7, 11) is 0. The number of rotatable bonds is 5. The molecule has 7 heteroatoms. The Hall–Kier alpha value is -2.70. The van der Waals surface area contributed by atoms with E-state index >= 15 is 0 Å². The molecule has 0 saturated carbocycles. The zero-order chi connectivity index (χ0) is 19.3. The summed E-state index contributed by atoms with van der Waals surface area (Å²) in [6, 6.07) is 16.3. The molecule has 5 nitrogen and oxygen atoms in total. The molecule has 28 heavy (non-hydrogen) atoms. The first-order valence-corrected chi connectivity index (χ1v) is 9.51. The standard InChI is InChI=1S/C21H20ClFN4O/c22-18-12-17(23)6-7-19(18)28-21-13-20(24-15-25-21)27-10-8-26(9-11-27)14-16-4-2-1-3-5-16/h1-7,12-13,15H,8-11,14H2. The van der Waals surface area contributed by atoms with Crippen LogP contribution in [0.15, 0.2) is 60.9 Å². The predicted octanol–water partition coefficient (Wildman–Crippen LogP) is 4.38. The lowest BCUT2D eigenvalue weighted by Crippen LogP contribution is -2.46. The molecule has 1 aliphatic rings. The summed E-state index contributed by atoms with van der Waals surface area (Å²) in [4.78, 5) is 13.2. The number of ether oxygens (including phenoxy) is 1. The molecule has 1 fully saturated rings. The third-order valence-electron chi connectivity index (χ3n) is 4.68. The first kappa shape index (κ1) is 18.7. The van der Waals surface area contributed by atoms with Gasteiger partial charge in [-0.25, -0.2) is 14.4 Å². The summed E-state index contributed by atoms with van der Waals surface area (Å²) in [5.41, 5.74) is 1.32. The smallest absolute Gasteiger partial charge is 0.224 e. The fraction of sp³-hybridized carbons (Fsp3) is 0.238. The summed E-state index contributed by atoms with van der Waals surface area (Å²) in [5, 5.41) is 0.203. The van der Waals surface area contributed by atoms with Crippen molar-refractivity contribution in [3.63, 3.8) is 0 Å². The molecule has 4 rings (SSSR count). The third kappa shape index (κ3) is 4.58. The first-order valence-electron chi connectivity index (χ1n) is 9.13. The van der Waals surface area contributed by atoms with Gasteiger partial charge in [0.2, 0.25) is 5.88 Å². The lowest BCUT2D eigenvalue weighted by Gasteiger charge is -2.35. The van der Waals surface area contributed by atoms with Gasteiger partial charge in [-0.2, -0.15) is 0 Å². The van der Waals surface area contributed by atoms with Crippen molar-refractivity contribution >= 4 is 17.4 Å². The van der Waals surface area contributed by atoms with E-state index < -0.39 is 5.82 Å². The van der Waals surface area contributed by atoms with Crippen LogP contribution in [0.4, 0.5) is 10.2 Å². The number of benzene rings is 2. The second-order valence-corrected chi connectivity index (χ2v) is 7.05. The van der Waals surface area contributed by atoms with E-state index in [9.17, 15) is 4.39 Å². The van der Waals surface area contributed by atoms with Crippen molar-refractivity contribution in [3.05, 3.63) is 77.3 Å². The summed E-state index contributed by atoms with van der Waals surface area (Å²) < 4.78 is 18.9. The monoisotopic (exact) mass is 398 g/mol. The molecule has 1 saturated heterocycles. The Balaban J connectivity index is 1.38. The van der Waals surface area contributed by atoms with Crippen LogP contribution in [0.2, 0.25) is 5.02 Å². The molecule has 144 valence electrons. The average molecular weight is 399 g/mol. The fourth-order valence-corrected chi connectivity index (χ4v) is 3.41. The maximum atomic E-state index is 13.2. The van der Waals surface area contributed by atoms with Crippen molar-refractivity contribution < 1.29 is 9.13 Å². The predicted molar refractivity (Wildman–Crippen MR) is 107 cm³/mol. The topological polar surface area (TPSA) is 41.5 Å². The number of piperazine rings is 1. The highest BCUT2D eigenvalue weighted by Crippen LogP contribution is 2.30. The average Bonchev–Trinajstić information content (AvgIpc) is 2.72. The minimum absolute atomic E-state index is 0.203. The van der Waals surface area contributed by atoms with Crippen molar-refractivity contribution in [2.75, 3.05) is 31.1 Å². The van der Waals surface area contributed by atoms with E-state index in [-0.39, 0.29) is 5.02 Å². The second kappa shape index (κ2) is 8.54. The van der Waals surface area contributed by atoms with Crippen LogP contribution in [-0.4, -0.2) is 41.0 Å². The molecule has 1 aliphatic heterocycles. The van der Waals surface area contributed by atoms with Gasteiger partial charge in [0.25, 0.3) is 0 Å². The molecule has 1 aromatic heterocycles. The third-order valence-corrected chi connectivity index (χ3v) is 4.98. The quantitative estimate of drug-likeness (QED) is 0.637. The van der Waals surface area contributed by atoms with Gasteiger partial charge in [0, 0.05) is 38.8 Å². The van der Waals surface area contributed by atoms with E-state index in [0.29, 0.717) is 11.6 Å². The molecule has 0 bridgehead atoms. The number of nitrogens with zero attached hydrogens (tertiary/aromatic N) is 4. The Morgan fingerprint density at radius 2 is 1.75 bits per heavy atom. The van der Waals surface area contributed by atoms with Crippen molar-refractivity contribution in [3.8, 4) is 11.6 Å². The SMILES string of the molecule is Fc1ccc(Oc2cc(N3CCN(Cc4ccccc4)CC3)ncn2)c(Cl)c1. The minimum Gasteiger partial charge on any atom is -0.437 e. The van der Waals surface area contributed by atoms with Gasteiger partial charge in [0.1, 0.15) is 23.7 Å². The lowest BCUT2D eigenvalue weighted by molar-refractivity contribution is 0.249. The molecule has 0 spiro atoms. The number of aromatic nitrogens is 2. The molecular weight excluding hydrogens is 379 g/mol. The zero-order valence-electron chi connectivity index (χ0n) is 15.3. The van der Waals surface area contributed by atoms with Gasteiger partial charge in [-0.3, -0.25) is 4.90 Å². The van der Waals surface area contributed by atoms with Gasteiger partial charge in [0.15, 0.2) is 0 Å². The summed E-state index contributed by atoms with van der Waals surface area (Å²) >= 11 is 6.03. The summed E-state index contributed by atoms with van der Waals surface area (Å²) in [6.07, 6.45) is 1.47. The number of anilines is 1. The minimum atomic E-state index is -0.408. The zero-order valence-corrected chi connectivity index (χ0v) is 16.0. The van der Waals surface area contributed by atoms with Gasteiger partial charge in [-0.05, 0) is 23.8 Å². The van der Waals surface area contributed by atoms with Crippen LogP contribution in [0, 0.1) is 5.82 Å². The first-order chi connectivity index (χ1) is 13.7. The van der Waals surface area contributed by atoms with Crippen LogP contribution in [-0.2, 0) is 6.54 Å². The van der Waals surface area contributed by atoms with Crippen LogP contribution in [0.25, 0.3) is 0 Å². The van der Waals surface area contributed by atoms with E-state index in [4.69, 9.17) is 16.3 Å². The number of halogens is 2. The van der Waals surface area contributed by atoms with Crippen molar-refractivity contribution in [1.29, 1.82) is 0 Å². The van der Waals surface area contributed by atoms with E-state index in [1.165, 1.54) is 30.1 Å².